The molecule has 22 heavy (non-hydrogen) atoms. The summed E-state index contributed by atoms with van der Waals surface area (Å²) in [5, 5.41) is 5.49. The first kappa shape index (κ1) is 15.3. The largest absolute Gasteiger partial charge is 0.469 e. The van der Waals surface area contributed by atoms with Crippen LogP contribution >= 0.6 is 11.3 Å². The molecule has 6 nitrogen and oxygen atoms in total. The van der Waals surface area contributed by atoms with E-state index >= 15 is 0 Å². The van der Waals surface area contributed by atoms with Gasteiger partial charge in [-0.3, -0.25) is 4.79 Å². The maximum Gasteiger partial charge on any atom is 0.305 e. The fourth-order valence-corrected chi connectivity index (χ4v) is 4.13. The molecule has 1 fully saturated rings. The molecule has 2 aromatic heterocycles. The Morgan fingerprint density at radius 2 is 2.14 bits per heavy atom. The van der Waals surface area contributed by atoms with E-state index in [1.807, 2.05) is 18.7 Å². The molecule has 0 aromatic carbocycles. The topological polar surface area (TPSA) is 60.2 Å². The summed E-state index contributed by atoms with van der Waals surface area (Å²) in [6.07, 6.45) is 3.70. The van der Waals surface area contributed by atoms with Crippen LogP contribution in [0.15, 0.2) is 0 Å². The summed E-state index contributed by atoms with van der Waals surface area (Å²) in [4.78, 5) is 18.3. The lowest BCUT2D eigenvalue weighted by Gasteiger charge is -2.31. The lowest BCUT2D eigenvalue weighted by atomic mass is 9.92. The van der Waals surface area contributed by atoms with Crippen molar-refractivity contribution in [1.82, 2.24) is 14.8 Å². The maximum absolute atomic E-state index is 11.2. The van der Waals surface area contributed by atoms with Crippen LogP contribution in [0.5, 0.6) is 0 Å². The fraction of sp³-hybridized carbons (Fsp3) is 0.667. The number of thiazole rings is 1. The number of esters is 1. The molecule has 1 saturated heterocycles. The molecule has 2 aromatic rings. The highest BCUT2D eigenvalue weighted by Gasteiger charge is 2.23. The molecule has 0 radical (unpaired) electrons. The monoisotopic (exact) mass is 322 g/mol. The lowest BCUT2D eigenvalue weighted by Crippen LogP contribution is -2.33. The molecule has 0 bridgehead atoms. The molecule has 0 N–H and O–H groups in total. The van der Waals surface area contributed by atoms with E-state index in [-0.39, 0.29) is 5.97 Å². The van der Waals surface area contributed by atoms with Crippen molar-refractivity contribution in [3.63, 3.8) is 0 Å². The quantitative estimate of drug-likeness (QED) is 0.810. The number of aromatic nitrogens is 3. The maximum atomic E-state index is 11.2. The summed E-state index contributed by atoms with van der Waals surface area (Å²) < 4.78 is 7.75. The van der Waals surface area contributed by atoms with Crippen LogP contribution in [0.4, 0.5) is 5.13 Å². The Bertz CT molecular complexity index is 636. The molecule has 1 aliphatic heterocycles. The predicted molar refractivity (Wildman–Crippen MR) is 87.3 cm³/mol. The summed E-state index contributed by atoms with van der Waals surface area (Å²) >= 11 is 1.73. The number of methoxy groups -OCH3 is 1. The first-order valence-corrected chi connectivity index (χ1v) is 8.52. The molecule has 0 atom stereocenters. The third-order valence-corrected chi connectivity index (χ3v) is 5.62. The Balaban J connectivity index is 1.60. The molecule has 3 rings (SSSR count). The third-order valence-electron chi connectivity index (χ3n) is 4.40. The number of hydrogen-bond donors (Lipinski definition) is 0. The van der Waals surface area contributed by atoms with Gasteiger partial charge in [-0.15, -0.1) is 0 Å². The van der Waals surface area contributed by atoms with E-state index in [4.69, 9.17) is 9.72 Å². The van der Waals surface area contributed by atoms with E-state index in [1.165, 1.54) is 11.8 Å². The Hall–Kier alpha value is -1.63. The number of fused-ring (bicyclic) bond motifs is 1. The number of ether oxygens (including phenoxy) is 1. The van der Waals surface area contributed by atoms with Gasteiger partial charge in [-0.2, -0.15) is 5.10 Å². The third kappa shape index (κ3) is 2.95. The van der Waals surface area contributed by atoms with Crippen LogP contribution in [0.3, 0.4) is 0 Å². The van der Waals surface area contributed by atoms with Crippen molar-refractivity contribution in [2.24, 2.45) is 13.0 Å². The summed E-state index contributed by atoms with van der Waals surface area (Å²) in [6.45, 7) is 4.06. The van der Waals surface area contributed by atoms with Crippen molar-refractivity contribution in [2.75, 3.05) is 25.1 Å². The Morgan fingerprint density at radius 1 is 1.41 bits per heavy atom. The SMILES string of the molecule is COC(=O)CCC1CCN(c2nc3c(s2)c(C)nn3C)CC1. The molecule has 0 saturated carbocycles. The number of carbonyl (C=O) groups excluding carboxylic acids is 1. The molecule has 3 heterocycles. The smallest absolute Gasteiger partial charge is 0.305 e. The minimum atomic E-state index is -0.100. The number of carbonyl (C=O) groups is 1. The van der Waals surface area contributed by atoms with Crippen molar-refractivity contribution in [2.45, 2.75) is 32.6 Å². The standard InChI is InChI=1S/C15H22N4O2S/c1-10-13-14(18(2)17-10)16-15(22-13)19-8-6-11(7-9-19)4-5-12(20)21-3/h11H,4-9H2,1-3H3. The minimum absolute atomic E-state index is 0.100. The van der Waals surface area contributed by atoms with Gasteiger partial charge in [0.15, 0.2) is 10.8 Å². The summed E-state index contributed by atoms with van der Waals surface area (Å²) in [7, 11) is 3.40. The van der Waals surface area contributed by atoms with Gasteiger partial charge in [-0.05, 0) is 32.1 Å². The summed E-state index contributed by atoms with van der Waals surface area (Å²) in [6, 6.07) is 0. The predicted octanol–water partition coefficient (Wildman–Crippen LogP) is 2.51. The van der Waals surface area contributed by atoms with Crippen molar-refractivity contribution < 1.29 is 9.53 Å². The molecule has 1 aliphatic rings. The number of hydrogen-bond acceptors (Lipinski definition) is 6. The minimum Gasteiger partial charge on any atom is -0.469 e. The van der Waals surface area contributed by atoms with E-state index < -0.39 is 0 Å². The zero-order chi connectivity index (χ0) is 15.7. The van der Waals surface area contributed by atoms with Gasteiger partial charge in [0.1, 0.15) is 0 Å². The van der Waals surface area contributed by atoms with Crippen molar-refractivity contribution >= 4 is 32.8 Å². The second kappa shape index (κ2) is 6.24. The molecule has 7 heteroatoms. The first-order valence-electron chi connectivity index (χ1n) is 7.70. The molecule has 0 amide bonds. The van der Waals surface area contributed by atoms with E-state index in [1.54, 1.807) is 11.3 Å². The highest BCUT2D eigenvalue weighted by atomic mass is 32.1. The van der Waals surface area contributed by atoms with Gasteiger partial charge in [0, 0.05) is 26.6 Å². The zero-order valence-corrected chi connectivity index (χ0v) is 14.2. The highest BCUT2D eigenvalue weighted by molar-refractivity contribution is 7.22. The van der Waals surface area contributed by atoms with Crippen LogP contribution in [0.25, 0.3) is 10.3 Å². The van der Waals surface area contributed by atoms with Gasteiger partial charge in [0.25, 0.3) is 0 Å². The van der Waals surface area contributed by atoms with Crippen LogP contribution in [0.1, 0.15) is 31.4 Å². The Kier molecular flexibility index (Phi) is 4.33. The van der Waals surface area contributed by atoms with Gasteiger partial charge in [-0.25, -0.2) is 9.67 Å². The molecular weight excluding hydrogens is 300 g/mol. The zero-order valence-electron chi connectivity index (χ0n) is 13.3. The molecule has 0 spiro atoms. The van der Waals surface area contributed by atoms with Gasteiger partial charge in [0.05, 0.1) is 17.5 Å². The number of aryl methyl sites for hydroxylation is 2. The molecule has 0 aliphatic carbocycles. The van der Waals surface area contributed by atoms with Crippen LogP contribution in [-0.2, 0) is 16.6 Å². The normalized spacial score (nSPS) is 16.4. The summed E-state index contributed by atoms with van der Waals surface area (Å²) in [5.41, 5.74) is 2.03. The van der Waals surface area contributed by atoms with E-state index in [0.29, 0.717) is 12.3 Å². The van der Waals surface area contributed by atoms with Crippen LogP contribution in [0, 0.1) is 12.8 Å². The van der Waals surface area contributed by atoms with Gasteiger partial charge in [0.2, 0.25) is 0 Å². The molecular formula is C15H22N4O2S. The van der Waals surface area contributed by atoms with E-state index in [0.717, 1.165) is 48.8 Å². The van der Waals surface area contributed by atoms with Crippen LogP contribution in [-0.4, -0.2) is 40.9 Å². The highest BCUT2D eigenvalue weighted by Crippen LogP contribution is 2.33. The van der Waals surface area contributed by atoms with Gasteiger partial charge < -0.3 is 9.64 Å². The average Bonchev–Trinajstić information content (AvgIpc) is 3.08. The fourth-order valence-electron chi connectivity index (χ4n) is 3.05. The van der Waals surface area contributed by atoms with Crippen LogP contribution < -0.4 is 4.90 Å². The van der Waals surface area contributed by atoms with E-state index in [9.17, 15) is 4.79 Å². The van der Waals surface area contributed by atoms with Crippen LogP contribution in [0.2, 0.25) is 0 Å². The average molecular weight is 322 g/mol. The lowest BCUT2D eigenvalue weighted by molar-refractivity contribution is -0.141. The first-order chi connectivity index (χ1) is 10.6. The molecule has 120 valence electrons. The second-order valence-electron chi connectivity index (χ2n) is 5.90. The van der Waals surface area contributed by atoms with Gasteiger partial charge in [-0.1, -0.05) is 11.3 Å². The molecule has 0 unspecified atom stereocenters. The van der Waals surface area contributed by atoms with E-state index in [2.05, 4.69) is 10.00 Å². The second-order valence-corrected chi connectivity index (χ2v) is 6.88. The summed E-state index contributed by atoms with van der Waals surface area (Å²) in [5.74, 6) is 0.518. The van der Waals surface area contributed by atoms with Crippen molar-refractivity contribution in [3.05, 3.63) is 5.69 Å². The number of rotatable bonds is 4. The number of nitrogens with zero attached hydrogens (tertiary/aromatic N) is 4. The number of anilines is 1. The van der Waals surface area contributed by atoms with Gasteiger partial charge >= 0.3 is 5.97 Å². The Labute approximate surface area is 134 Å². The Morgan fingerprint density at radius 3 is 2.77 bits per heavy atom. The van der Waals surface area contributed by atoms with Crippen molar-refractivity contribution in [3.8, 4) is 0 Å². The number of piperidine rings is 1. The van der Waals surface area contributed by atoms with Crippen molar-refractivity contribution in [1.29, 1.82) is 0 Å².